The Bertz CT molecular complexity index is 408. The zero-order valence-corrected chi connectivity index (χ0v) is 11.1. The molecule has 0 aliphatic carbocycles. The quantitative estimate of drug-likeness (QED) is 0.654. The minimum Gasteiger partial charge on any atom is -0.258 e. The average Bonchev–Trinajstić information content (AvgIpc) is 2.00. The van der Waals surface area contributed by atoms with E-state index in [2.05, 4.69) is 7.94 Å². The van der Waals surface area contributed by atoms with Crippen molar-refractivity contribution in [2.24, 2.45) is 0 Å². The van der Waals surface area contributed by atoms with Crippen LogP contribution in [-0.2, 0) is 32.7 Å². The lowest BCUT2D eigenvalue weighted by atomic mass is 11.0. The third-order valence-corrected chi connectivity index (χ3v) is 6.60. The molecule has 0 aromatic carbocycles. The Balaban J connectivity index is 4.82. The molecule has 0 atom stereocenters. The Hall–Kier alpha value is 0.0500. The van der Waals surface area contributed by atoms with Crippen molar-refractivity contribution in [2.45, 2.75) is 13.8 Å². The van der Waals surface area contributed by atoms with Crippen LogP contribution in [0.4, 0.5) is 0 Å². The minimum atomic E-state index is -4.14. The second kappa shape index (κ2) is 4.92. The van der Waals surface area contributed by atoms with Crippen LogP contribution in [0.15, 0.2) is 0 Å². The van der Waals surface area contributed by atoms with E-state index in [1.165, 1.54) is 13.8 Å². The molecule has 0 aliphatic rings. The monoisotopic (exact) mass is 280 g/mol. The first-order chi connectivity index (χ1) is 6.54. The van der Waals surface area contributed by atoms with Gasteiger partial charge in [0.15, 0.2) is 0 Å². The zero-order chi connectivity index (χ0) is 12.3. The summed E-state index contributed by atoms with van der Waals surface area (Å²) >= 11 is 0. The van der Waals surface area contributed by atoms with Gasteiger partial charge in [0.05, 0.1) is 11.5 Å². The highest BCUT2D eigenvalue weighted by Gasteiger charge is 2.30. The van der Waals surface area contributed by atoms with E-state index in [0.717, 1.165) is 6.66 Å². The smallest absolute Gasteiger partial charge is 0.258 e. The summed E-state index contributed by atoms with van der Waals surface area (Å²) in [5.74, 6) is -0.833. The van der Waals surface area contributed by atoms with Crippen molar-refractivity contribution in [3.63, 3.8) is 0 Å². The van der Waals surface area contributed by atoms with E-state index in [-0.39, 0.29) is 0 Å². The van der Waals surface area contributed by atoms with Crippen LogP contribution < -0.4 is 0 Å². The lowest BCUT2D eigenvalue weighted by Crippen LogP contribution is -2.12. The van der Waals surface area contributed by atoms with E-state index < -0.39 is 39.3 Å². The molecule has 0 radical (unpaired) electrons. The molecule has 92 valence electrons. The van der Waals surface area contributed by atoms with E-state index >= 15 is 0 Å². The third-order valence-electron chi connectivity index (χ3n) is 1.21. The van der Waals surface area contributed by atoms with Gasteiger partial charge >= 0.3 is 7.60 Å². The molecule has 10 heteroatoms. The summed E-state index contributed by atoms with van der Waals surface area (Å²) < 4.78 is 63.3. The van der Waals surface area contributed by atoms with E-state index in [1.807, 2.05) is 0 Å². The zero-order valence-electron chi connectivity index (χ0n) is 8.54. The molecular weight excluding hydrogens is 267 g/mol. The molecule has 0 amide bonds. The molecule has 0 heterocycles. The fourth-order valence-electron chi connectivity index (χ4n) is 0.530. The van der Waals surface area contributed by atoms with Gasteiger partial charge in [0.25, 0.3) is 20.2 Å². The van der Waals surface area contributed by atoms with Crippen LogP contribution in [0, 0.1) is 0 Å². The van der Waals surface area contributed by atoms with Crippen molar-refractivity contribution < 1.29 is 29.3 Å². The van der Waals surface area contributed by atoms with E-state index in [0.29, 0.717) is 0 Å². The predicted octanol–water partition coefficient (Wildman–Crippen LogP) is 0.542. The molecule has 0 N–H and O–H groups in total. The molecule has 0 unspecified atom stereocenters. The maximum Gasteiger partial charge on any atom is 0.356 e. The number of hydrogen-bond donors (Lipinski definition) is 0. The fourth-order valence-corrected chi connectivity index (χ4v) is 5.00. The Morgan fingerprint density at radius 3 is 1.40 bits per heavy atom. The highest BCUT2D eigenvalue weighted by atomic mass is 32.2. The summed E-state index contributed by atoms with van der Waals surface area (Å²) in [6.07, 6.45) is 0. The van der Waals surface area contributed by atoms with Crippen molar-refractivity contribution in [1.82, 2.24) is 0 Å². The van der Waals surface area contributed by atoms with Crippen molar-refractivity contribution in [2.75, 3.05) is 18.2 Å². The van der Waals surface area contributed by atoms with Gasteiger partial charge in [-0.3, -0.25) is 4.57 Å². The first-order valence-electron chi connectivity index (χ1n) is 3.99. The fraction of sp³-hybridized carbons (Fsp3) is 1.00. The molecule has 0 aliphatic heterocycles. The molecule has 7 nitrogen and oxygen atoms in total. The normalized spacial score (nSPS) is 14.1. The Morgan fingerprint density at radius 1 is 0.933 bits per heavy atom. The lowest BCUT2D eigenvalue weighted by Gasteiger charge is -2.11. The summed E-state index contributed by atoms with van der Waals surface area (Å²) in [6.45, 7) is 3.32. The molecular formula is C5H13O7PS2. The van der Waals surface area contributed by atoms with Crippen molar-refractivity contribution in [1.29, 1.82) is 0 Å². The predicted molar refractivity (Wildman–Crippen MR) is 54.6 cm³/mol. The standard InChI is InChI=1S/C5H13O7PS2/c1-4-14(7,8)11-13(3,6)12-15(9,10)5-2/h4-5H2,1-3H3. The maximum atomic E-state index is 11.4. The summed E-state index contributed by atoms with van der Waals surface area (Å²) in [4.78, 5) is 0. The Morgan fingerprint density at radius 2 is 1.20 bits per heavy atom. The van der Waals surface area contributed by atoms with E-state index in [9.17, 15) is 21.4 Å². The van der Waals surface area contributed by atoms with Crippen LogP contribution >= 0.6 is 7.60 Å². The van der Waals surface area contributed by atoms with Gasteiger partial charge in [0.1, 0.15) is 0 Å². The van der Waals surface area contributed by atoms with Gasteiger partial charge in [0.2, 0.25) is 0 Å². The first-order valence-corrected chi connectivity index (χ1v) is 9.13. The van der Waals surface area contributed by atoms with Gasteiger partial charge in [-0.15, -0.1) is 0 Å². The van der Waals surface area contributed by atoms with E-state index in [1.54, 1.807) is 0 Å². The average molecular weight is 280 g/mol. The molecule has 0 aromatic heterocycles. The highest BCUT2D eigenvalue weighted by Crippen LogP contribution is 2.47. The summed E-state index contributed by atoms with van der Waals surface area (Å²) in [5.41, 5.74) is 0. The van der Waals surface area contributed by atoms with Gasteiger partial charge in [0, 0.05) is 6.66 Å². The lowest BCUT2D eigenvalue weighted by molar-refractivity contribution is 0.387. The highest BCUT2D eigenvalue weighted by molar-refractivity contribution is 7.95. The SMILES string of the molecule is CCS(=O)(=O)OP(C)(=O)OS(=O)(=O)CC. The van der Waals surface area contributed by atoms with Gasteiger partial charge in [-0.25, -0.2) is 0 Å². The van der Waals surface area contributed by atoms with Gasteiger partial charge in [-0.1, -0.05) is 0 Å². The first kappa shape index (κ1) is 15.0. The third kappa shape index (κ3) is 6.26. The molecule has 15 heavy (non-hydrogen) atoms. The van der Waals surface area contributed by atoms with Gasteiger partial charge < -0.3 is 0 Å². The van der Waals surface area contributed by atoms with Crippen molar-refractivity contribution in [3.8, 4) is 0 Å². The van der Waals surface area contributed by atoms with Crippen molar-refractivity contribution >= 4 is 27.8 Å². The maximum absolute atomic E-state index is 11.4. The second-order valence-corrected chi connectivity index (χ2v) is 8.73. The molecule has 0 rings (SSSR count). The molecule has 0 fully saturated rings. The summed E-state index contributed by atoms with van der Waals surface area (Å²) in [5, 5.41) is 0. The number of rotatable bonds is 6. The van der Waals surface area contributed by atoms with Crippen LogP contribution in [0.1, 0.15) is 13.8 Å². The summed E-state index contributed by atoms with van der Waals surface area (Å²) in [7, 11) is -12.2. The van der Waals surface area contributed by atoms with Crippen LogP contribution in [0.3, 0.4) is 0 Å². The Labute approximate surface area is 89.6 Å². The summed E-state index contributed by atoms with van der Waals surface area (Å²) in [6, 6.07) is 0. The molecule has 0 spiro atoms. The molecule has 0 saturated heterocycles. The minimum absolute atomic E-state index is 0.416. The molecule has 0 saturated carbocycles. The van der Waals surface area contributed by atoms with Crippen molar-refractivity contribution in [3.05, 3.63) is 0 Å². The van der Waals surface area contributed by atoms with Gasteiger partial charge in [-0.2, -0.15) is 24.8 Å². The second-order valence-electron chi connectivity index (χ2n) is 2.61. The molecule has 0 aromatic rings. The molecule has 0 bridgehead atoms. The topological polar surface area (TPSA) is 104 Å². The van der Waals surface area contributed by atoms with Crippen LogP contribution in [-0.4, -0.2) is 35.0 Å². The Kier molecular flexibility index (Phi) is 4.94. The van der Waals surface area contributed by atoms with Crippen LogP contribution in [0.2, 0.25) is 0 Å². The van der Waals surface area contributed by atoms with Crippen LogP contribution in [0.25, 0.3) is 0 Å². The van der Waals surface area contributed by atoms with E-state index in [4.69, 9.17) is 0 Å². The van der Waals surface area contributed by atoms with Gasteiger partial charge in [-0.05, 0) is 13.8 Å². The number of hydrogen-bond acceptors (Lipinski definition) is 7. The van der Waals surface area contributed by atoms with Crippen LogP contribution in [0.5, 0.6) is 0 Å². The largest absolute Gasteiger partial charge is 0.356 e.